The summed E-state index contributed by atoms with van der Waals surface area (Å²) < 4.78 is 5.39. The molecule has 1 atom stereocenters. The molecular weight excluding hydrogens is 240 g/mol. The molecule has 2 saturated heterocycles. The van der Waals surface area contributed by atoms with Crippen LogP contribution in [-0.2, 0) is 9.53 Å². The number of hydrogen-bond acceptors (Lipinski definition) is 3. The van der Waals surface area contributed by atoms with E-state index in [1.165, 1.54) is 0 Å². The Labute approximate surface area is 109 Å². The van der Waals surface area contributed by atoms with Crippen LogP contribution in [0.3, 0.4) is 0 Å². The minimum atomic E-state index is -0.192. The zero-order valence-corrected chi connectivity index (χ0v) is 11.4. The van der Waals surface area contributed by atoms with Crippen LogP contribution in [0.5, 0.6) is 0 Å². The molecule has 100 valence electrons. The third kappa shape index (κ3) is 3.57. The van der Waals surface area contributed by atoms with E-state index >= 15 is 0 Å². The molecule has 2 rings (SSSR count). The number of piperidine rings is 1. The van der Waals surface area contributed by atoms with E-state index in [0.717, 1.165) is 52.0 Å². The summed E-state index contributed by atoms with van der Waals surface area (Å²) in [7, 11) is 0. The summed E-state index contributed by atoms with van der Waals surface area (Å²) in [6.45, 7) is 7.05. The first kappa shape index (κ1) is 14.7. The normalized spacial score (nSPS) is 30.3. The number of carbonyl (C=O) groups excluding carboxylic acids is 1. The largest absolute Gasteiger partial charge is 0.380 e. The third-order valence-corrected chi connectivity index (χ3v) is 3.62. The molecule has 0 spiro atoms. The molecule has 5 heteroatoms. The molecule has 0 aromatic heterocycles. The molecule has 0 aromatic rings. The number of amides is 1. The second-order valence-electron chi connectivity index (χ2n) is 5.10. The number of halogens is 1. The summed E-state index contributed by atoms with van der Waals surface area (Å²) in [6, 6.07) is 0. The van der Waals surface area contributed by atoms with Gasteiger partial charge in [0.1, 0.15) is 0 Å². The van der Waals surface area contributed by atoms with Crippen molar-refractivity contribution in [1.29, 1.82) is 0 Å². The molecular formula is C12H23ClN2O2. The maximum atomic E-state index is 12.5. The van der Waals surface area contributed by atoms with Crippen molar-refractivity contribution >= 4 is 18.3 Å². The minimum absolute atomic E-state index is 0. The predicted octanol–water partition coefficient (Wildman–Crippen LogP) is 1.05. The highest BCUT2D eigenvalue weighted by Gasteiger charge is 2.37. The molecule has 2 aliphatic heterocycles. The fourth-order valence-electron chi connectivity index (χ4n) is 2.57. The molecule has 4 nitrogen and oxygen atoms in total. The quantitative estimate of drug-likeness (QED) is 0.768. The third-order valence-electron chi connectivity index (χ3n) is 3.62. The van der Waals surface area contributed by atoms with E-state index in [4.69, 9.17) is 4.74 Å². The Balaban J connectivity index is 0.00000144. The van der Waals surface area contributed by atoms with Crippen LogP contribution in [0.2, 0.25) is 0 Å². The van der Waals surface area contributed by atoms with Crippen LogP contribution < -0.4 is 5.32 Å². The average Bonchev–Trinajstić information content (AvgIpc) is 2.57. The van der Waals surface area contributed by atoms with Gasteiger partial charge in [0.05, 0.1) is 12.0 Å². The van der Waals surface area contributed by atoms with Crippen molar-refractivity contribution in [2.24, 2.45) is 5.41 Å². The fourth-order valence-corrected chi connectivity index (χ4v) is 2.57. The second-order valence-corrected chi connectivity index (χ2v) is 5.10. The van der Waals surface area contributed by atoms with Gasteiger partial charge in [-0.2, -0.15) is 0 Å². The van der Waals surface area contributed by atoms with Gasteiger partial charge in [0.25, 0.3) is 0 Å². The molecule has 0 radical (unpaired) electrons. The first-order chi connectivity index (χ1) is 7.72. The smallest absolute Gasteiger partial charge is 0.229 e. The molecule has 1 unspecified atom stereocenters. The topological polar surface area (TPSA) is 41.6 Å². The molecule has 2 aliphatic rings. The number of hydrogen-bond donors (Lipinski definition) is 1. The van der Waals surface area contributed by atoms with Gasteiger partial charge >= 0.3 is 0 Å². The van der Waals surface area contributed by atoms with Crippen molar-refractivity contribution in [3.63, 3.8) is 0 Å². The van der Waals surface area contributed by atoms with Crippen LogP contribution in [0.4, 0.5) is 0 Å². The SMILES string of the molecule is CC1(C(=O)N2CCCOCC2)CCCNC1.Cl. The Bertz CT molecular complexity index is 247. The molecule has 0 bridgehead atoms. The zero-order chi connectivity index (χ0) is 11.4. The molecule has 1 N–H and O–H groups in total. The van der Waals surface area contributed by atoms with Gasteiger partial charge in [-0.25, -0.2) is 0 Å². The van der Waals surface area contributed by atoms with E-state index in [-0.39, 0.29) is 17.8 Å². The number of rotatable bonds is 1. The molecule has 0 aromatic carbocycles. The standard InChI is InChI=1S/C12H22N2O2.ClH/c1-12(4-2-5-13-10-12)11(15)14-6-3-8-16-9-7-14;/h13H,2-10H2,1H3;1H. The van der Waals surface area contributed by atoms with Crippen molar-refractivity contribution in [3.05, 3.63) is 0 Å². The molecule has 17 heavy (non-hydrogen) atoms. The van der Waals surface area contributed by atoms with Gasteiger partial charge in [-0.3, -0.25) is 4.79 Å². The van der Waals surface area contributed by atoms with Crippen LogP contribution in [0.15, 0.2) is 0 Å². The maximum Gasteiger partial charge on any atom is 0.229 e. The highest BCUT2D eigenvalue weighted by atomic mass is 35.5. The van der Waals surface area contributed by atoms with Crippen LogP contribution >= 0.6 is 12.4 Å². The van der Waals surface area contributed by atoms with Crippen molar-refractivity contribution in [2.75, 3.05) is 39.4 Å². The van der Waals surface area contributed by atoms with Gasteiger partial charge in [-0.05, 0) is 32.7 Å². The Kier molecular flexibility index (Phi) is 5.70. The lowest BCUT2D eigenvalue weighted by molar-refractivity contribution is -0.142. The maximum absolute atomic E-state index is 12.5. The van der Waals surface area contributed by atoms with Gasteiger partial charge in [-0.1, -0.05) is 0 Å². The van der Waals surface area contributed by atoms with Gasteiger partial charge in [0, 0.05) is 26.2 Å². The Morgan fingerprint density at radius 1 is 1.29 bits per heavy atom. The van der Waals surface area contributed by atoms with Crippen molar-refractivity contribution in [2.45, 2.75) is 26.2 Å². The molecule has 1 amide bonds. The lowest BCUT2D eigenvalue weighted by Crippen LogP contribution is -2.50. The van der Waals surface area contributed by atoms with E-state index in [0.29, 0.717) is 12.5 Å². The van der Waals surface area contributed by atoms with E-state index < -0.39 is 0 Å². The van der Waals surface area contributed by atoms with Crippen molar-refractivity contribution in [3.8, 4) is 0 Å². The summed E-state index contributed by atoms with van der Waals surface area (Å²) in [5.74, 6) is 0.310. The molecule has 0 aliphatic carbocycles. The number of nitrogens with zero attached hydrogens (tertiary/aromatic N) is 1. The van der Waals surface area contributed by atoms with Crippen LogP contribution in [0.25, 0.3) is 0 Å². The predicted molar refractivity (Wildman–Crippen MR) is 69.5 cm³/mol. The van der Waals surface area contributed by atoms with Crippen LogP contribution in [-0.4, -0.2) is 50.2 Å². The Hall–Kier alpha value is -0.320. The van der Waals surface area contributed by atoms with Gasteiger partial charge in [0.2, 0.25) is 5.91 Å². The van der Waals surface area contributed by atoms with E-state index in [9.17, 15) is 4.79 Å². The first-order valence-electron chi connectivity index (χ1n) is 6.30. The summed E-state index contributed by atoms with van der Waals surface area (Å²) >= 11 is 0. The Morgan fingerprint density at radius 3 is 2.82 bits per heavy atom. The number of ether oxygens (including phenoxy) is 1. The summed E-state index contributed by atoms with van der Waals surface area (Å²) in [6.07, 6.45) is 3.08. The van der Waals surface area contributed by atoms with Gasteiger partial charge in [-0.15, -0.1) is 12.4 Å². The molecule has 2 heterocycles. The fraction of sp³-hybridized carbons (Fsp3) is 0.917. The van der Waals surface area contributed by atoms with E-state index in [2.05, 4.69) is 12.2 Å². The van der Waals surface area contributed by atoms with Crippen LogP contribution in [0.1, 0.15) is 26.2 Å². The number of carbonyl (C=O) groups is 1. The molecule has 2 fully saturated rings. The van der Waals surface area contributed by atoms with Gasteiger partial charge < -0.3 is 15.0 Å². The Morgan fingerprint density at radius 2 is 2.12 bits per heavy atom. The second kappa shape index (κ2) is 6.57. The van der Waals surface area contributed by atoms with E-state index in [1.807, 2.05) is 4.90 Å². The zero-order valence-electron chi connectivity index (χ0n) is 10.5. The first-order valence-corrected chi connectivity index (χ1v) is 6.30. The highest BCUT2D eigenvalue weighted by molar-refractivity contribution is 5.85. The monoisotopic (exact) mass is 262 g/mol. The average molecular weight is 263 g/mol. The summed E-state index contributed by atoms with van der Waals surface area (Å²) in [4.78, 5) is 14.4. The highest BCUT2D eigenvalue weighted by Crippen LogP contribution is 2.28. The lowest BCUT2D eigenvalue weighted by atomic mass is 9.81. The van der Waals surface area contributed by atoms with Crippen LogP contribution in [0, 0.1) is 5.41 Å². The van der Waals surface area contributed by atoms with Crippen molar-refractivity contribution < 1.29 is 9.53 Å². The van der Waals surface area contributed by atoms with Gasteiger partial charge in [0.15, 0.2) is 0 Å². The lowest BCUT2D eigenvalue weighted by Gasteiger charge is -2.37. The minimum Gasteiger partial charge on any atom is -0.380 e. The van der Waals surface area contributed by atoms with Crippen molar-refractivity contribution in [1.82, 2.24) is 10.2 Å². The van der Waals surface area contributed by atoms with E-state index in [1.54, 1.807) is 0 Å². The summed E-state index contributed by atoms with van der Waals surface area (Å²) in [5.41, 5.74) is -0.192. The molecule has 0 saturated carbocycles. The summed E-state index contributed by atoms with van der Waals surface area (Å²) in [5, 5.41) is 3.33. The number of nitrogens with one attached hydrogen (secondary N) is 1.